The van der Waals surface area contributed by atoms with E-state index in [-0.39, 0.29) is 0 Å². The molecule has 64 valence electrons. The minimum atomic E-state index is -2.71. The van der Waals surface area contributed by atoms with Crippen molar-refractivity contribution < 1.29 is 8.42 Å². The van der Waals surface area contributed by atoms with Gasteiger partial charge in [0.15, 0.2) is 9.84 Å². The van der Waals surface area contributed by atoms with Crippen LogP contribution in [0.3, 0.4) is 0 Å². The summed E-state index contributed by atoms with van der Waals surface area (Å²) in [4.78, 5) is 2.09. The molecule has 1 fully saturated rings. The Morgan fingerprint density at radius 1 is 1.36 bits per heavy atom. The summed E-state index contributed by atoms with van der Waals surface area (Å²) in [7, 11) is -2.71. The Balaban J connectivity index is 2.42. The second kappa shape index (κ2) is 3.36. The Morgan fingerprint density at radius 2 is 1.91 bits per heavy atom. The average Bonchev–Trinajstić information content (AvgIpc) is 1.94. The Hall–Kier alpha value is -0.350. The lowest BCUT2D eigenvalue weighted by atomic mass is 10.4. The van der Waals surface area contributed by atoms with Crippen LogP contribution in [0.1, 0.15) is 0 Å². The van der Waals surface area contributed by atoms with Crippen molar-refractivity contribution in [2.24, 2.45) is 0 Å². The molecule has 4 heteroatoms. The van der Waals surface area contributed by atoms with Gasteiger partial charge < -0.3 is 0 Å². The van der Waals surface area contributed by atoms with E-state index >= 15 is 0 Å². The van der Waals surface area contributed by atoms with Gasteiger partial charge in [0.1, 0.15) is 0 Å². The monoisotopic (exact) mass is 175 g/mol. The van der Waals surface area contributed by atoms with Crippen LogP contribution in [0.25, 0.3) is 0 Å². The van der Waals surface area contributed by atoms with E-state index in [1.165, 1.54) is 0 Å². The maximum atomic E-state index is 10.9. The summed E-state index contributed by atoms with van der Waals surface area (Å²) >= 11 is 0. The molecule has 0 unspecified atom stereocenters. The fourth-order valence-corrected chi connectivity index (χ4v) is 2.39. The van der Waals surface area contributed by atoms with Crippen LogP contribution in [0.5, 0.6) is 0 Å². The molecule has 1 aliphatic rings. The number of sulfone groups is 1. The van der Waals surface area contributed by atoms with Crippen LogP contribution in [0.15, 0.2) is 12.7 Å². The van der Waals surface area contributed by atoms with E-state index in [0.29, 0.717) is 24.6 Å². The van der Waals surface area contributed by atoms with Gasteiger partial charge in [-0.2, -0.15) is 0 Å². The predicted octanol–water partition coefficient (Wildman–Crippen LogP) is -0.0972. The molecule has 0 amide bonds. The summed E-state index contributed by atoms with van der Waals surface area (Å²) in [5, 5.41) is 0. The number of rotatable bonds is 2. The Bertz CT molecular complexity index is 219. The van der Waals surface area contributed by atoms with Crippen molar-refractivity contribution in [3.63, 3.8) is 0 Å². The summed E-state index contributed by atoms with van der Waals surface area (Å²) in [6.45, 7) is 5.72. The molecule has 1 rings (SSSR count). The zero-order valence-electron chi connectivity index (χ0n) is 6.49. The van der Waals surface area contributed by atoms with Crippen molar-refractivity contribution in [2.45, 2.75) is 0 Å². The SMILES string of the molecule is C=CCN1CCS(=O)(=O)CC1. The van der Waals surface area contributed by atoms with E-state index in [1.807, 2.05) is 0 Å². The van der Waals surface area contributed by atoms with Gasteiger partial charge in [-0.3, -0.25) is 4.90 Å². The van der Waals surface area contributed by atoms with Crippen LogP contribution in [-0.2, 0) is 9.84 Å². The third kappa shape index (κ3) is 2.63. The van der Waals surface area contributed by atoms with Gasteiger partial charge in [-0.25, -0.2) is 8.42 Å². The minimum absolute atomic E-state index is 0.306. The zero-order chi connectivity index (χ0) is 8.32. The van der Waals surface area contributed by atoms with E-state index in [4.69, 9.17) is 0 Å². The lowest BCUT2D eigenvalue weighted by molar-refractivity contribution is 0.327. The first-order valence-electron chi connectivity index (χ1n) is 3.68. The van der Waals surface area contributed by atoms with E-state index in [9.17, 15) is 8.42 Å². The molecule has 11 heavy (non-hydrogen) atoms. The largest absolute Gasteiger partial charge is 0.298 e. The molecule has 0 spiro atoms. The van der Waals surface area contributed by atoms with Crippen molar-refractivity contribution in [3.05, 3.63) is 12.7 Å². The van der Waals surface area contributed by atoms with Gasteiger partial charge in [0.2, 0.25) is 0 Å². The van der Waals surface area contributed by atoms with E-state index in [2.05, 4.69) is 11.5 Å². The van der Waals surface area contributed by atoms with Crippen molar-refractivity contribution in [3.8, 4) is 0 Å². The first-order valence-corrected chi connectivity index (χ1v) is 5.50. The van der Waals surface area contributed by atoms with Crippen LogP contribution in [0.4, 0.5) is 0 Å². The van der Waals surface area contributed by atoms with Crippen LogP contribution in [-0.4, -0.2) is 44.5 Å². The van der Waals surface area contributed by atoms with Crippen LogP contribution in [0, 0.1) is 0 Å². The highest BCUT2D eigenvalue weighted by molar-refractivity contribution is 7.91. The molecule has 3 nitrogen and oxygen atoms in total. The van der Waals surface area contributed by atoms with Crippen molar-refractivity contribution in [1.29, 1.82) is 0 Å². The summed E-state index contributed by atoms with van der Waals surface area (Å²) in [5.74, 6) is 0.613. The lowest BCUT2D eigenvalue weighted by Crippen LogP contribution is -2.40. The highest BCUT2D eigenvalue weighted by Crippen LogP contribution is 2.02. The van der Waals surface area contributed by atoms with Gasteiger partial charge in [0.25, 0.3) is 0 Å². The van der Waals surface area contributed by atoms with Crippen molar-refractivity contribution in [1.82, 2.24) is 4.90 Å². The highest BCUT2D eigenvalue weighted by Gasteiger charge is 2.19. The molecule has 0 bridgehead atoms. The van der Waals surface area contributed by atoms with Gasteiger partial charge in [-0.1, -0.05) is 6.08 Å². The van der Waals surface area contributed by atoms with Gasteiger partial charge in [0.05, 0.1) is 11.5 Å². The molecular weight excluding hydrogens is 162 g/mol. The molecule has 1 aliphatic heterocycles. The molecule has 0 aromatic rings. The van der Waals surface area contributed by atoms with Crippen molar-refractivity contribution >= 4 is 9.84 Å². The maximum Gasteiger partial charge on any atom is 0.152 e. The zero-order valence-corrected chi connectivity index (χ0v) is 7.31. The number of nitrogens with zero attached hydrogens (tertiary/aromatic N) is 1. The molecular formula is C7H13NO2S. The fourth-order valence-electron chi connectivity index (χ4n) is 1.12. The van der Waals surface area contributed by atoms with Gasteiger partial charge in [-0.15, -0.1) is 6.58 Å². The number of hydrogen-bond acceptors (Lipinski definition) is 3. The first-order chi connectivity index (χ1) is 5.14. The van der Waals surface area contributed by atoms with Gasteiger partial charge >= 0.3 is 0 Å². The predicted molar refractivity (Wildman–Crippen MR) is 45.3 cm³/mol. The van der Waals surface area contributed by atoms with E-state index in [1.54, 1.807) is 6.08 Å². The van der Waals surface area contributed by atoms with Gasteiger partial charge in [-0.05, 0) is 0 Å². The normalized spacial score (nSPS) is 24.7. The molecule has 0 aromatic carbocycles. The second-order valence-electron chi connectivity index (χ2n) is 2.74. The van der Waals surface area contributed by atoms with E-state index in [0.717, 1.165) is 6.54 Å². The molecule has 0 N–H and O–H groups in total. The summed E-state index contributed by atoms with van der Waals surface area (Å²) in [6.07, 6.45) is 1.80. The summed E-state index contributed by atoms with van der Waals surface area (Å²) < 4.78 is 21.9. The Morgan fingerprint density at radius 3 is 2.36 bits per heavy atom. The minimum Gasteiger partial charge on any atom is -0.298 e. The lowest BCUT2D eigenvalue weighted by Gasteiger charge is -2.24. The molecule has 0 aromatic heterocycles. The Labute approximate surface area is 67.6 Å². The third-order valence-corrected chi connectivity index (χ3v) is 3.43. The maximum absolute atomic E-state index is 10.9. The quantitative estimate of drug-likeness (QED) is 0.550. The third-order valence-electron chi connectivity index (χ3n) is 1.82. The van der Waals surface area contributed by atoms with Crippen LogP contribution in [0.2, 0.25) is 0 Å². The number of hydrogen-bond donors (Lipinski definition) is 0. The Kier molecular flexibility index (Phi) is 2.67. The standard InChI is InChI=1S/C7H13NO2S/c1-2-3-8-4-6-11(9,10)7-5-8/h2H,1,3-7H2. The molecule has 1 saturated heterocycles. The molecule has 0 radical (unpaired) electrons. The van der Waals surface area contributed by atoms with E-state index < -0.39 is 9.84 Å². The van der Waals surface area contributed by atoms with Crippen LogP contribution >= 0.6 is 0 Å². The first kappa shape index (κ1) is 8.74. The van der Waals surface area contributed by atoms with Crippen molar-refractivity contribution in [2.75, 3.05) is 31.1 Å². The van der Waals surface area contributed by atoms with Gasteiger partial charge in [0, 0.05) is 19.6 Å². The summed E-state index contributed by atoms with van der Waals surface area (Å²) in [6, 6.07) is 0. The topological polar surface area (TPSA) is 37.4 Å². The average molecular weight is 175 g/mol. The summed E-state index contributed by atoms with van der Waals surface area (Å²) in [5.41, 5.74) is 0. The van der Waals surface area contributed by atoms with Crippen LogP contribution < -0.4 is 0 Å². The molecule has 1 heterocycles. The molecule has 0 atom stereocenters. The second-order valence-corrected chi connectivity index (χ2v) is 5.04. The molecule has 0 aliphatic carbocycles. The fraction of sp³-hybridized carbons (Fsp3) is 0.714. The smallest absolute Gasteiger partial charge is 0.152 e. The molecule has 0 saturated carbocycles. The highest BCUT2D eigenvalue weighted by atomic mass is 32.2.